The monoisotopic (exact) mass is 555 g/mol. The van der Waals surface area contributed by atoms with E-state index in [1.54, 1.807) is 14.1 Å². The van der Waals surface area contributed by atoms with E-state index in [0.29, 0.717) is 17.5 Å². The van der Waals surface area contributed by atoms with E-state index in [4.69, 9.17) is 5.73 Å². The van der Waals surface area contributed by atoms with Crippen molar-refractivity contribution < 1.29 is 34.8 Å². The first-order valence-electron chi connectivity index (χ1n) is 13.6. The Morgan fingerprint density at radius 3 is 2.27 bits per heavy atom. The number of ketones is 2. The first kappa shape index (κ1) is 29.6. The Morgan fingerprint density at radius 1 is 1.12 bits per heavy atom. The molecule has 1 aromatic carbocycles. The van der Waals surface area contributed by atoms with E-state index in [2.05, 4.69) is 20.8 Å². The van der Waals surface area contributed by atoms with E-state index in [-0.39, 0.29) is 35.1 Å². The zero-order chi connectivity index (χ0) is 30.1. The summed E-state index contributed by atoms with van der Waals surface area (Å²) in [7, 11) is 6.89. The number of carbonyl (C=O) groups excluding carboxylic acids is 3. The standard InChI is InChI=1S/C30H41N3O7/c1-29(2,3)10-8-9-14-13-18(32(4)5)16-11-15-12-17-22(33(6)7)25(36)21(28(31)39)27(38)30(17,40)26(37)19(15)24(35)20(16)23(14)34/h13,15,17,22,34-35,38,40H,8-12H2,1-7H3,(H2,31,39). The molecule has 0 radical (unpaired) electrons. The number of nitrogens with two attached hydrogens (primary N) is 1. The predicted octanol–water partition coefficient (Wildman–Crippen LogP) is 2.40. The van der Waals surface area contributed by atoms with Gasteiger partial charge in [-0.05, 0) is 74.7 Å². The predicted molar refractivity (Wildman–Crippen MR) is 151 cm³/mol. The van der Waals surface area contributed by atoms with Crippen LogP contribution >= 0.6 is 0 Å². The third-order valence-corrected chi connectivity index (χ3v) is 8.63. The Morgan fingerprint density at radius 2 is 1.75 bits per heavy atom. The second-order valence-electron chi connectivity index (χ2n) is 13.0. The van der Waals surface area contributed by atoms with Crippen LogP contribution in [-0.4, -0.2) is 82.6 Å². The number of hydrogen-bond acceptors (Lipinski definition) is 9. The lowest BCUT2D eigenvalue weighted by molar-refractivity contribution is -0.153. The average molecular weight is 556 g/mol. The largest absolute Gasteiger partial charge is 0.508 e. The van der Waals surface area contributed by atoms with Crippen LogP contribution in [0.1, 0.15) is 56.7 Å². The first-order valence-corrected chi connectivity index (χ1v) is 13.6. The fourth-order valence-corrected chi connectivity index (χ4v) is 6.74. The number of aryl methyl sites for hydroxylation is 1. The number of aromatic hydroxyl groups is 1. The van der Waals surface area contributed by atoms with Crippen LogP contribution in [0.3, 0.4) is 0 Å². The Balaban J connectivity index is 1.91. The van der Waals surface area contributed by atoms with Crippen LogP contribution in [0.5, 0.6) is 5.75 Å². The summed E-state index contributed by atoms with van der Waals surface area (Å²) in [6.45, 7) is 6.42. The van der Waals surface area contributed by atoms with Crippen molar-refractivity contribution in [2.75, 3.05) is 33.1 Å². The Bertz CT molecular complexity index is 1350. The molecule has 1 amide bonds. The molecule has 3 aliphatic rings. The van der Waals surface area contributed by atoms with Crippen LogP contribution in [0, 0.1) is 17.3 Å². The van der Waals surface area contributed by atoms with Gasteiger partial charge in [0.1, 0.15) is 22.8 Å². The Kier molecular flexibility index (Phi) is 7.34. The van der Waals surface area contributed by atoms with Crippen molar-refractivity contribution in [3.63, 3.8) is 0 Å². The van der Waals surface area contributed by atoms with Gasteiger partial charge < -0.3 is 31.1 Å². The quantitative estimate of drug-likeness (QED) is 0.332. The number of aliphatic hydroxyl groups is 3. The van der Waals surface area contributed by atoms with E-state index >= 15 is 0 Å². The molecule has 10 heteroatoms. The summed E-state index contributed by atoms with van der Waals surface area (Å²) in [6, 6.07) is 0.806. The molecule has 4 unspecified atom stereocenters. The molecule has 1 aromatic rings. The number of benzene rings is 1. The van der Waals surface area contributed by atoms with Crippen LogP contribution in [0.2, 0.25) is 0 Å². The van der Waals surface area contributed by atoms with Gasteiger partial charge in [0, 0.05) is 31.3 Å². The number of aliphatic hydroxyl groups excluding tert-OH is 2. The van der Waals surface area contributed by atoms with Crippen molar-refractivity contribution >= 4 is 28.9 Å². The van der Waals surface area contributed by atoms with Gasteiger partial charge in [0.25, 0.3) is 5.91 Å². The molecule has 4 atom stereocenters. The molecule has 1 saturated carbocycles. The van der Waals surface area contributed by atoms with E-state index in [0.717, 1.165) is 18.5 Å². The molecular formula is C30H41N3O7. The highest BCUT2D eigenvalue weighted by Crippen LogP contribution is 2.54. The summed E-state index contributed by atoms with van der Waals surface area (Å²) in [5.41, 5.74) is 4.11. The summed E-state index contributed by atoms with van der Waals surface area (Å²) in [4.78, 5) is 42.8. The van der Waals surface area contributed by atoms with Crippen molar-refractivity contribution in [1.29, 1.82) is 0 Å². The van der Waals surface area contributed by atoms with Crippen LogP contribution in [0.4, 0.5) is 5.69 Å². The number of phenolic OH excluding ortho intramolecular Hbond substituents is 1. The summed E-state index contributed by atoms with van der Waals surface area (Å²) in [5.74, 6) is -6.40. The minimum atomic E-state index is -2.64. The molecule has 0 heterocycles. The Hall–Kier alpha value is -3.37. The fourth-order valence-electron chi connectivity index (χ4n) is 6.74. The number of primary amides is 1. The number of Topliss-reactive ketones (excluding diaryl/α,β-unsaturated/α-hetero) is 2. The van der Waals surface area contributed by atoms with Gasteiger partial charge in [0.15, 0.2) is 11.4 Å². The van der Waals surface area contributed by atoms with Crippen molar-refractivity contribution in [3.05, 3.63) is 39.7 Å². The third-order valence-electron chi connectivity index (χ3n) is 8.63. The zero-order valence-corrected chi connectivity index (χ0v) is 24.3. The van der Waals surface area contributed by atoms with Gasteiger partial charge in [-0.3, -0.25) is 19.3 Å². The molecular weight excluding hydrogens is 514 g/mol. The number of hydrogen-bond donors (Lipinski definition) is 5. The lowest BCUT2D eigenvalue weighted by atomic mass is 9.57. The highest BCUT2D eigenvalue weighted by atomic mass is 16.3. The zero-order valence-electron chi connectivity index (χ0n) is 24.3. The molecule has 3 aliphatic carbocycles. The molecule has 10 nitrogen and oxygen atoms in total. The second kappa shape index (κ2) is 9.92. The number of nitrogens with zero attached hydrogens (tertiary/aromatic N) is 2. The maximum absolute atomic E-state index is 14.1. The number of amides is 1. The van der Waals surface area contributed by atoms with Gasteiger partial charge in [-0.15, -0.1) is 0 Å². The highest BCUT2D eigenvalue weighted by molar-refractivity contribution is 6.24. The van der Waals surface area contributed by atoms with Gasteiger partial charge in [-0.1, -0.05) is 20.8 Å². The van der Waals surface area contributed by atoms with E-state index in [1.807, 2.05) is 25.1 Å². The molecule has 40 heavy (non-hydrogen) atoms. The van der Waals surface area contributed by atoms with Crippen molar-refractivity contribution in [1.82, 2.24) is 4.90 Å². The van der Waals surface area contributed by atoms with Gasteiger partial charge in [-0.2, -0.15) is 0 Å². The highest BCUT2D eigenvalue weighted by Gasteiger charge is 2.64. The van der Waals surface area contributed by atoms with Crippen LogP contribution in [0.15, 0.2) is 23.0 Å². The molecule has 0 saturated heterocycles. The van der Waals surface area contributed by atoms with E-state index in [1.165, 1.54) is 4.90 Å². The molecule has 218 valence electrons. The fraction of sp³-hybridized carbons (Fsp3) is 0.567. The van der Waals surface area contributed by atoms with Crippen LogP contribution in [-0.2, 0) is 27.2 Å². The van der Waals surface area contributed by atoms with E-state index in [9.17, 15) is 34.8 Å². The van der Waals surface area contributed by atoms with Crippen molar-refractivity contribution in [2.45, 2.75) is 64.5 Å². The van der Waals surface area contributed by atoms with Crippen molar-refractivity contribution in [3.8, 4) is 5.75 Å². The van der Waals surface area contributed by atoms with Gasteiger partial charge >= 0.3 is 0 Å². The minimum absolute atomic E-state index is 0.0622. The number of anilines is 1. The molecule has 0 aromatic heterocycles. The first-order chi connectivity index (χ1) is 18.4. The number of phenols is 1. The van der Waals surface area contributed by atoms with Gasteiger partial charge in [0.05, 0.1) is 11.6 Å². The molecule has 4 rings (SSSR count). The molecule has 1 fully saturated rings. The smallest absolute Gasteiger partial charge is 0.255 e. The third kappa shape index (κ3) is 4.47. The lowest BCUT2D eigenvalue weighted by Crippen LogP contribution is -2.65. The normalized spacial score (nSPS) is 26.6. The number of rotatable bonds is 6. The van der Waals surface area contributed by atoms with Crippen molar-refractivity contribution in [2.24, 2.45) is 23.0 Å². The molecule has 0 aliphatic heterocycles. The van der Waals surface area contributed by atoms with Crippen LogP contribution in [0.25, 0.3) is 5.76 Å². The topological polar surface area (TPSA) is 165 Å². The summed E-state index contributed by atoms with van der Waals surface area (Å²) in [6.07, 6.45) is 2.60. The SMILES string of the molecule is CN(C)c1cc(CCCC(C)(C)C)c(O)c2c1CC1CC3C(N(C)C)C(=O)C(C(N)=O)=C(O)C3(O)C(=O)C1=C2O. The Labute approximate surface area is 234 Å². The summed E-state index contributed by atoms with van der Waals surface area (Å²) in [5, 5.41) is 45.7. The van der Waals surface area contributed by atoms with Gasteiger partial charge in [0.2, 0.25) is 5.78 Å². The molecule has 0 spiro atoms. The van der Waals surface area contributed by atoms with Crippen LogP contribution < -0.4 is 10.6 Å². The number of fused-ring (bicyclic) bond motifs is 3. The minimum Gasteiger partial charge on any atom is -0.508 e. The summed E-state index contributed by atoms with van der Waals surface area (Å²) >= 11 is 0. The maximum atomic E-state index is 14.1. The second-order valence-corrected chi connectivity index (χ2v) is 13.0. The summed E-state index contributed by atoms with van der Waals surface area (Å²) < 4.78 is 0. The molecule has 6 N–H and O–H groups in total. The number of carbonyl (C=O) groups is 3. The maximum Gasteiger partial charge on any atom is 0.255 e. The lowest BCUT2D eigenvalue weighted by Gasteiger charge is -2.50. The van der Waals surface area contributed by atoms with E-state index < -0.39 is 58.0 Å². The van der Waals surface area contributed by atoms with Gasteiger partial charge in [-0.25, -0.2) is 0 Å². The average Bonchev–Trinajstić information content (AvgIpc) is 2.81. The number of likely N-dealkylation sites (N-methyl/N-ethyl adjacent to an activating group) is 1. The molecule has 0 bridgehead atoms.